The quantitative estimate of drug-likeness (QED) is 0.822. The van der Waals surface area contributed by atoms with E-state index in [1.54, 1.807) is 4.57 Å². The highest BCUT2D eigenvalue weighted by molar-refractivity contribution is 7.71. The van der Waals surface area contributed by atoms with Crippen molar-refractivity contribution in [1.29, 1.82) is 0 Å². The van der Waals surface area contributed by atoms with Gasteiger partial charge in [0, 0.05) is 13.1 Å². The average Bonchev–Trinajstić information content (AvgIpc) is 2.61. The van der Waals surface area contributed by atoms with Crippen LogP contribution in [-0.4, -0.2) is 19.1 Å². The van der Waals surface area contributed by atoms with E-state index in [-0.39, 0.29) is 0 Å². The van der Waals surface area contributed by atoms with Gasteiger partial charge in [-0.25, -0.2) is 4.79 Å². The average molecular weight is 268 g/mol. The summed E-state index contributed by atoms with van der Waals surface area (Å²) in [5, 5.41) is 0. The van der Waals surface area contributed by atoms with Gasteiger partial charge in [-0.1, -0.05) is 13.8 Å². The zero-order valence-corrected chi connectivity index (χ0v) is 11.4. The molecule has 2 rings (SSSR count). The van der Waals surface area contributed by atoms with Gasteiger partial charge in [0.1, 0.15) is 5.65 Å². The van der Waals surface area contributed by atoms with Gasteiger partial charge in [0.25, 0.3) is 5.56 Å². The summed E-state index contributed by atoms with van der Waals surface area (Å²) < 4.78 is 3.68. The lowest BCUT2D eigenvalue weighted by Crippen LogP contribution is -2.32. The van der Waals surface area contributed by atoms with E-state index in [4.69, 9.17) is 12.2 Å². The molecule has 2 aromatic rings. The third kappa shape index (κ3) is 1.94. The molecule has 2 aromatic heterocycles. The Morgan fingerprint density at radius 1 is 1.22 bits per heavy atom. The summed E-state index contributed by atoms with van der Waals surface area (Å²) in [6, 6.07) is 0. The van der Waals surface area contributed by atoms with E-state index < -0.39 is 11.2 Å². The number of aryl methyl sites for hydroxylation is 1. The lowest BCUT2D eigenvalue weighted by Gasteiger charge is -2.09. The molecule has 6 nitrogen and oxygen atoms in total. The second-order valence-electron chi connectivity index (χ2n) is 4.64. The van der Waals surface area contributed by atoms with Crippen LogP contribution in [0, 0.1) is 10.7 Å². The fourth-order valence-corrected chi connectivity index (χ4v) is 2.37. The normalized spacial score (nSPS) is 11.6. The molecule has 0 saturated carbocycles. The van der Waals surface area contributed by atoms with Crippen molar-refractivity contribution in [3.63, 3.8) is 0 Å². The molecule has 0 saturated heterocycles. The van der Waals surface area contributed by atoms with E-state index in [2.05, 4.69) is 9.97 Å². The number of rotatable bonds is 3. The van der Waals surface area contributed by atoms with Crippen molar-refractivity contribution in [3.8, 4) is 0 Å². The van der Waals surface area contributed by atoms with Crippen LogP contribution in [0.3, 0.4) is 0 Å². The number of hydrogen-bond donors (Lipinski definition) is 2. The van der Waals surface area contributed by atoms with Crippen molar-refractivity contribution in [1.82, 2.24) is 19.1 Å². The largest absolute Gasteiger partial charge is 0.330 e. The van der Waals surface area contributed by atoms with Gasteiger partial charge in [-0.15, -0.1) is 0 Å². The number of aromatic amines is 2. The monoisotopic (exact) mass is 268 g/mol. The molecular weight excluding hydrogens is 252 g/mol. The van der Waals surface area contributed by atoms with Crippen LogP contribution in [0.15, 0.2) is 9.59 Å². The van der Waals surface area contributed by atoms with Crippen molar-refractivity contribution < 1.29 is 0 Å². The minimum absolute atomic E-state index is 0.295. The molecule has 2 N–H and O–H groups in total. The minimum Gasteiger partial charge on any atom is -0.316 e. The van der Waals surface area contributed by atoms with E-state index in [0.717, 1.165) is 0 Å². The van der Waals surface area contributed by atoms with Crippen molar-refractivity contribution in [2.45, 2.75) is 33.9 Å². The number of hydrogen-bond acceptors (Lipinski definition) is 3. The number of H-pyrrole nitrogens is 2. The molecule has 0 unspecified atom stereocenters. The molecule has 0 aliphatic rings. The van der Waals surface area contributed by atoms with Crippen molar-refractivity contribution in [3.05, 3.63) is 25.6 Å². The Morgan fingerprint density at radius 3 is 2.44 bits per heavy atom. The van der Waals surface area contributed by atoms with Gasteiger partial charge >= 0.3 is 5.69 Å². The Bertz CT molecular complexity index is 747. The fourth-order valence-electron chi connectivity index (χ4n) is 2.05. The Hall–Kier alpha value is -1.63. The molecule has 0 aliphatic carbocycles. The van der Waals surface area contributed by atoms with Crippen molar-refractivity contribution >= 4 is 23.4 Å². The van der Waals surface area contributed by atoms with Gasteiger partial charge in [0.05, 0.1) is 0 Å². The molecule has 98 valence electrons. The first-order chi connectivity index (χ1) is 8.45. The van der Waals surface area contributed by atoms with Crippen LogP contribution >= 0.6 is 12.2 Å². The predicted octanol–water partition coefficient (Wildman–Crippen LogP) is 1.22. The highest BCUT2D eigenvalue weighted by Gasteiger charge is 2.14. The summed E-state index contributed by atoms with van der Waals surface area (Å²) in [7, 11) is 0. The van der Waals surface area contributed by atoms with Gasteiger partial charge in [0.2, 0.25) is 0 Å². The molecule has 0 atom stereocenters. The first-order valence-electron chi connectivity index (χ1n) is 5.91. The summed E-state index contributed by atoms with van der Waals surface area (Å²) >= 11 is 5.17. The standard InChI is InChI=1S/C11H16N4O2S/c1-4-14-7-8(12-11(14)18)15(5-6(2)3)10(17)13-9(7)16/h6H,4-5H2,1-3H3,(H,12,18)(H,13,16,17). The minimum atomic E-state index is -0.402. The van der Waals surface area contributed by atoms with Crippen LogP contribution in [0.1, 0.15) is 20.8 Å². The van der Waals surface area contributed by atoms with Crippen molar-refractivity contribution in [2.24, 2.45) is 5.92 Å². The van der Waals surface area contributed by atoms with Crippen LogP contribution in [0.2, 0.25) is 0 Å². The van der Waals surface area contributed by atoms with Crippen LogP contribution < -0.4 is 11.2 Å². The van der Waals surface area contributed by atoms with E-state index in [1.165, 1.54) is 4.57 Å². The Labute approximate surface area is 108 Å². The second kappa shape index (κ2) is 4.56. The van der Waals surface area contributed by atoms with Crippen LogP contribution in [-0.2, 0) is 13.1 Å². The van der Waals surface area contributed by atoms with Crippen molar-refractivity contribution in [2.75, 3.05) is 0 Å². The lowest BCUT2D eigenvalue weighted by molar-refractivity contribution is 0.513. The first-order valence-corrected chi connectivity index (χ1v) is 6.32. The van der Waals surface area contributed by atoms with E-state index >= 15 is 0 Å². The van der Waals surface area contributed by atoms with Gasteiger partial charge in [0.15, 0.2) is 10.3 Å². The summed E-state index contributed by atoms with van der Waals surface area (Å²) in [6.07, 6.45) is 0. The smallest absolute Gasteiger partial charge is 0.316 e. The summed E-state index contributed by atoms with van der Waals surface area (Å²) in [6.45, 7) is 7.04. The number of fused-ring (bicyclic) bond motifs is 1. The summed E-state index contributed by atoms with van der Waals surface area (Å²) in [4.78, 5) is 29.0. The van der Waals surface area contributed by atoms with E-state index in [1.807, 2.05) is 20.8 Å². The molecule has 0 aromatic carbocycles. The molecule has 0 spiro atoms. The molecule has 0 aliphatic heterocycles. The molecule has 0 bridgehead atoms. The molecule has 7 heteroatoms. The molecule has 0 amide bonds. The fraction of sp³-hybridized carbons (Fsp3) is 0.545. The van der Waals surface area contributed by atoms with Gasteiger partial charge in [-0.2, -0.15) is 0 Å². The molecular formula is C11H16N4O2S. The van der Waals surface area contributed by atoms with Gasteiger partial charge in [-0.05, 0) is 25.1 Å². The zero-order valence-electron chi connectivity index (χ0n) is 10.6. The van der Waals surface area contributed by atoms with Gasteiger partial charge < -0.3 is 9.55 Å². The maximum Gasteiger partial charge on any atom is 0.330 e. The molecule has 18 heavy (non-hydrogen) atoms. The van der Waals surface area contributed by atoms with E-state index in [0.29, 0.717) is 34.9 Å². The number of nitrogens with one attached hydrogen (secondary N) is 2. The maximum absolute atomic E-state index is 11.9. The molecule has 0 radical (unpaired) electrons. The first kappa shape index (κ1) is 12.8. The summed E-state index contributed by atoms with van der Waals surface area (Å²) in [5.74, 6) is 0.295. The molecule has 2 heterocycles. The highest BCUT2D eigenvalue weighted by Crippen LogP contribution is 2.09. The van der Waals surface area contributed by atoms with Crippen LogP contribution in [0.5, 0.6) is 0 Å². The third-order valence-electron chi connectivity index (χ3n) is 2.78. The number of aromatic nitrogens is 4. The lowest BCUT2D eigenvalue weighted by atomic mass is 10.2. The Kier molecular flexibility index (Phi) is 3.25. The molecule has 0 fully saturated rings. The SMILES string of the molecule is CCn1c(=S)[nH]c2c1c(=O)[nH]c(=O)n2CC(C)C. The van der Waals surface area contributed by atoms with Crippen LogP contribution in [0.4, 0.5) is 0 Å². The zero-order chi connectivity index (χ0) is 13.4. The Balaban J connectivity index is 2.92. The number of nitrogens with zero attached hydrogens (tertiary/aromatic N) is 2. The maximum atomic E-state index is 11.9. The Morgan fingerprint density at radius 2 is 1.89 bits per heavy atom. The van der Waals surface area contributed by atoms with E-state index in [9.17, 15) is 9.59 Å². The second-order valence-corrected chi connectivity index (χ2v) is 5.02. The third-order valence-corrected chi connectivity index (χ3v) is 3.10. The topological polar surface area (TPSA) is 75.6 Å². The van der Waals surface area contributed by atoms with Gasteiger partial charge in [-0.3, -0.25) is 14.3 Å². The predicted molar refractivity (Wildman–Crippen MR) is 72.5 cm³/mol. The highest BCUT2D eigenvalue weighted by atomic mass is 32.1. The summed E-state index contributed by atoms with van der Waals surface area (Å²) in [5.41, 5.74) is 0.136. The van der Waals surface area contributed by atoms with Crippen LogP contribution in [0.25, 0.3) is 11.2 Å². The number of imidazole rings is 1.